The number of aromatic nitrogens is 4. The molecule has 1 aromatic rings. The summed E-state index contributed by atoms with van der Waals surface area (Å²) in [5.74, 6) is -0.294. The summed E-state index contributed by atoms with van der Waals surface area (Å²) < 4.78 is 1.39. The van der Waals surface area contributed by atoms with Crippen LogP contribution in [0.4, 0.5) is 0 Å². The lowest BCUT2D eigenvalue weighted by Crippen LogP contribution is -2.37. The minimum Gasteiger partial charge on any atom is -0.479 e. The van der Waals surface area contributed by atoms with Crippen molar-refractivity contribution in [3.8, 4) is 0 Å². The van der Waals surface area contributed by atoms with Crippen LogP contribution in [-0.2, 0) is 16.8 Å². The predicted octanol–water partition coefficient (Wildman–Crippen LogP) is 1.23. The van der Waals surface area contributed by atoms with Gasteiger partial charge in [0.05, 0.1) is 0 Å². The first-order valence-corrected chi connectivity index (χ1v) is 5.51. The highest BCUT2D eigenvalue weighted by Crippen LogP contribution is 2.16. The topological polar surface area (TPSA) is 80.9 Å². The van der Waals surface area contributed by atoms with Gasteiger partial charge in [-0.05, 0) is 30.7 Å². The van der Waals surface area contributed by atoms with Crippen LogP contribution in [0.2, 0.25) is 0 Å². The third-order valence-electron chi connectivity index (χ3n) is 2.59. The van der Waals surface area contributed by atoms with E-state index in [2.05, 4.69) is 22.4 Å². The number of hydrogen-bond acceptors (Lipinski definition) is 4. The molecule has 0 atom stereocenters. The molecule has 0 bridgehead atoms. The molecule has 0 fully saturated rings. The minimum absolute atomic E-state index is 0.640. The molecule has 0 radical (unpaired) electrons. The van der Waals surface area contributed by atoms with Crippen molar-refractivity contribution in [3.63, 3.8) is 0 Å². The van der Waals surface area contributed by atoms with Crippen molar-refractivity contribution in [1.29, 1.82) is 0 Å². The van der Waals surface area contributed by atoms with E-state index in [-0.39, 0.29) is 0 Å². The Balaban J connectivity index is 2.81. The van der Waals surface area contributed by atoms with Gasteiger partial charge in [0.1, 0.15) is 0 Å². The summed E-state index contributed by atoms with van der Waals surface area (Å²) in [4.78, 5) is 11.1. The molecule has 6 nitrogen and oxygen atoms in total. The normalized spacial score (nSPS) is 11.7. The van der Waals surface area contributed by atoms with E-state index in [1.807, 2.05) is 0 Å². The van der Waals surface area contributed by atoms with Crippen LogP contribution in [0, 0.1) is 0 Å². The molecule has 6 heteroatoms. The lowest BCUT2D eigenvalue weighted by molar-refractivity contribution is -0.146. The van der Waals surface area contributed by atoms with E-state index >= 15 is 0 Å². The van der Waals surface area contributed by atoms with Crippen molar-refractivity contribution in [1.82, 2.24) is 20.2 Å². The molecule has 0 aliphatic carbocycles. The number of rotatable bonds is 6. The molecule has 0 unspecified atom stereocenters. The second-order valence-corrected chi connectivity index (χ2v) is 4.33. The van der Waals surface area contributed by atoms with Crippen molar-refractivity contribution in [2.24, 2.45) is 0 Å². The molecular formula is C10H18N4O2. The fourth-order valence-electron chi connectivity index (χ4n) is 1.42. The average molecular weight is 226 g/mol. The molecule has 0 spiro atoms. The number of tetrazole rings is 1. The number of carbonyl (C=O) groups is 1. The minimum atomic E-state index is -1.09. The zero-order valence-electron chi connectivity index (χ0n) is 9.97. The van der Waals surface area contributed by atoms with Gasteiger partial charge in [-0.2, -0.15) is 0 Å². The number of carboxylic acids is 1. The maximum atomic E-state index is 11.1. The standard InChI is InChI=1S/C10H18N4O2/c1-4-5-6-7-8-11-12-13-14(8)10(2,3)9(15)16/h4-7H2,1-3H3,(H,15,16). The Morgan fingerprint density at radius 2 is 2.12 bits per heavy atom. The number of hydrogen-bond donors (Lipinski definition) is 1. The first-order valence-electron chi connectivity index (χ1n) is 5.51. The molecule has 16 heavy (non-hydrogen) atoms. The van der Waals surface area contributed by atoms with Gasteiger partial charge in [0.15, 0.2) is 11.4 Å². The second-order valence-electron chi connectivity index (χ2n) is 4.33. The lowest BCUT2D eigenvalue weighted by Gasteiger charge is -2.20. The van der Waals surface area contributed by atoms with Crippen LogP contribution in [0.15, 0.2) is 0 Å². The van der Waals surface area contributed by atoms with E-state index in [1.54, 1.807) is 13.8 Å². The van der Waals surface area contributed by atoms with Crippen LogP contribution in [0.5, 0.6) is 0 Å². The number of aryl methyl sites for hydroxylation is 1. The van der Waals surface area contributed by atoms with E-state index in [4.69, 9.17) is 5.11 Å². The Morgan fingerprint density at radius 3 is 2.69 bits per heavy atom. The Hall–Kier alpha value is -1.46. The summed E-state index contributed by atoms with van der Waals surface area (Å²) in [7, 11) is 0. The van der Waals surface area contributed by atoms with Gasteiger partial charge in [0.2, 0.25) is 0 Å². The Labute approximate surface area is 94.7 Å². The van der Waals surface area contributed by atoms with Crippen molar-refractivity contribution < 1.29 is 9.90 Å². The first kappa shape index (κ1) is 12.6. The molecule has 0 aliphatic rings. The molecule has 0 saturated carbocycles. The summed E-state index contributed by atoms with van der Waals surface area (Å²) in [5.41, 5.74) is -1.09. The monoisotopic (exact) mass is 226 g/mol. The summed E-state index contributed by atoms with van der Waals surface area (Å²) >= 11 is 0. The van der Waals surface area contributed by atoms with E-state index < -0.39 is 11.5 Å². The maximum absolute atomic E-state index is 11.1. The molecule has 0 aromatic carbocycles. The van der Waals surface area contributed by atoms with Gasteiger partial charge >= 0.3 is 5.97 Å². The quantitative estimate of drug-likeness (QED) is 0.738. The van der Waals surface area contributed by atoms with Crippen molar-refractivity contribution in [2.75, 3.05) is 0 Å². The van der Waals surface area contributed by atoms with Crippen LogP contribution in [0.25, 0.3) is 0 Å². The predicted molar refractivity (Wildman–Crippen MR) is 58.0 cm³/mol. The number of aliphatic carboxylic acids is 1. The van der Waals surface area contributed by atoms with Gasteiger partial charge in [-0.1, -0.05) is 19.8 Å². The molecule has 1 aromatic heterocycles. The van der Waals surface area contributed by atoms with Crippen LogP contribution in [0.3, 0.4) is 0 Å². The van der Waals surface area contributed by atoms with Gasteiger partial charge in [-0.25, -0.2) is 9.48 Å². The van der Waals surface area contributed by atoms with Crippen molar-refractivity contribution >= 4 is 5.97 Å². The molecule has 1 heterocycles. The van der Waals surface area contributed by atoms with Crippen molar-refractivity contribution in [2.45, 2.75) is 52.0 Å². The summed E-state index contributed by atoms with van der Waals surface area (Å²) in [6, 6.07) is 0. The molecule has 1 N–H and O–H groups in total. The lowest BCUT2D eigenvalue weighted by atomic mass is 10.1. The van der Waals surface area contributed by atoms with E-state index in [1.165, 1.54) is 4.68 Å². The molecule has 0 saturated heterocycles. The molecular weight excluding hydrogens is 208 g/mol. The SMILES string of the molecule is CCCCCc1nnnn1C(C)(C)C(=O)O. The Bertz CT molecular complexity index is 359. The fourth-order valence-corrected chi connectivity index (χ4v) is 1.42. The Morgan fingerprint density at radius 1 is 1.44 bits per heavy atom. The zero-order chi connectivity index (χ0) is 12.2. The zero-order valence-corrected chi connectivity index (χ0v) is 9.97. The average Bonchev–Trinajstić information content (AvgIpc) is 2.66. The highest BCUT2D eigenvalue weighted by atomic mass is 16.4. The van der Waals surface area contributed by atoms with Crippen LogP contribution in [0.1, 0.15) is 45.9 Å². The second kappa shape index (κ2) is 5.05. The molecule has 0 aliphatic heterocycles. The van der Waals surface area contributed by atoms with Gasteiger partial charge in [-0.3, -0.25) is 0 Å². The van der Waals surface area contributed by atoms with Crippen LogP contribution >= 0.6 is 0 Å². The summed E-state index contributed by atoms with van der Waals surface area (Å²) in [6.07, 6.45) is 3.91. The first-order chi connectivity index (χ1) is 7.50. The summed E-state index contributed by atoms with van der Waals surface area (Å²) in [5, 5.41) is 20.3. The highest BCUT2D eigenvalue weighted by molar-refractivity contribution is 5.75. The van der Waals surface area contributed by atoms with Gasteiger partial charge in [0, 0.05) is 6.42 Å². The van der Waals surface area contributed by atoms with E-state index in [0.29, 0.717) is 5.82 Å². The van der Waals surface area contributed by atoms with Gasteiger partial charge in [0.25, 0.3) is 0 Å². The van der Waals surface area contributed by atoms with Crippen molar-refractivity contribution in [3.05, 3.63) is 5.82 Å². The van der Waals surface area contributed by atoms with E-state index in [0.717, 1.165) is 25.7 Å². The largest absolute Gasteiger partial charge is 0.479 e. The molecule has 90 valence electrons. The summed E-state index contributed by atoms with van der Waals surface area (Å²) in [6.45, 7) is 5.30. The maximum Gasteiger partial charge on any atom is 0.331 e. The number of unbranched alkanes of at least 4 members (excludes halogenated alkanes) is 2. The Kier molecular flexibility index (Phi) is 3.98. The molecule has 0 amide bonds. The van der Waals surface area contributed by atoms with Gasteiger partial charge in [-0.15, -0.1) is 5.10 Å². The molecule has 1 rings (SSSR count). The van der Waals surface area contributed by atoms with Crippen LogP contribution in [-0.4, -0.2) is 31.3 Å². The van der Waals surface area contributed by atoms with Gasteiger partial charge < -0.3 is 5.11 Å². The third-order valence-corrected chi connectivity index (χ3v) is 2.59. The fraction of sp³-hybridized carbons (Fsp3) is 0.800. The smallest absolute Gasteiger partial charge is 0.331 e. The number of carboxylic acid groups (broad SMARTS) is 1. The van der Waals surface area contributed by atoms with Crippen LogP contribution < -0.4 is 0 Å². The highest BCUT2D eigenvalue weighted by Gasteiger charge is 2.33. The van der Waals surface area contributed by atoms with E-state index in [9.17, 15) is 4.79 Å². The third kappa shape index (κ3) is 2.56. The number of nitrogens with zero attached hydrogens (tertiary/aromatic N) is 4.